The van der Waals surface area contributed by atoms with Gasteiger partial charge in [-0.2, -0.15) is 9.61 Å². The number of nitrogens with zero attached hydrogens (tertiary/aromatic N) is 4. The van der Waals surface area contributed by atoms with E-state index in [1.165, 1.54) is 11.3 Å². The zero-order valence-electron chi connectivity index (χ0n) is 8.38. The molecule has 0 radical (unpaired) electrons. The second-order valence-corrected chi connectivity index (χ2v) is 4.79. The summed E-state index contributed by atoms with van der Waals surface area (Å²) in [6.45, 7) is 1.98. The van der Waals surface area contributed by atoms with Crippen LogP contribution in [0.3, 0.4) is 0 Å². The average Bonchev–Trinajstić information content (AvgIpc) is 2.81. The Morgan fingerprint density at radius 2 is 2.25 bits per heavy atom. The summed E-state index contributed by atoms with van der Waals surface area (Å²) in [6.07, 6.45) is 1.60. The van der Waals surface area contributed by atoms with E-state index < -0.39 is 0 Å². The third-order valence-electron chi connectivity index (χ3n) is 2.29. The maximum Gasteiger partial charge on any atom is 0.234 e. The van der Waals surface area contributed by atoms with E-state index in [1.807, 2.05) is 25.1 Å². The van der Waals surface area contributed by atoms with Crippen molar-refractivity contribution < 1.29 is 0 Å². The molecular formula is C10H7ClN4S. The van der Waals surface area contributed by atoms with Gasteiger partial charge in [0.25, 0.3) is 0 Å². The minimum Gasteiger partial charge on any atom is -0.190 e. The van der Waals surface area contributed by atoms with Crippen molar-refractivity contribution in [2.45, 2.75) is 6.92 Å². The highest BCUT2D eigenvalue weighted by atomic mass is 35.5. The van der Waals surface area contributed by atoms with Crippen LogP contribution in [0.5, 0.6) is 0 Å². The van der Waals surface area contributed by atoms with Crippen LogP contribution in [0.1, 0.15) is 5.56 Å². The van der Waals surface area contributed by atoms with Crippen molar-refractivity contribution in [3.05, 3.63) is 35.1 Å². The van der Waals surface area contributed by atoms with Gasteiger partial charge in [-0.15, -0.1) is 10.2 Å². The Morgan fingerprint density at radius 3 is 3.00 bits per heavy atom. The summed E-state index contributed by atoms with van der Waals surface area (Å²) in [5, 5.41) is 13.8. The van der Waals surface area contributed by atoms with Gasteiger partial charge in [-0.1, -0.05) is 29.0 Å². The van der Waals surface area contributed by atoms with Crippen LogP contribution >= 0.6 is 22.9 Å². The van der Waals surface area contributed by atoms with E-state index in [-0.39, 0.29) is 0 Å². The first-order chi connectivity index (χ1) is 7.74. The number of hydrogen-bond acceptors (Lipinski definition) is 4. The normalized spacial score (nSPS) is 11.1. The number of aromatic nitrogens is 4. The summed E-state index contributed by atoms with van der Waals surface area (Å²) in [4.78, 5) is 0.794. The third-order valence-corrected chi connectivity index (χ3v) is 3.68. The van der Waals surface area contributed by atoms with Crippen molar-refractivity contribution in [2.75, 3.05) is 0 Å². The van der Waals surface area contributed by atoms with Crippen LogP contribution in [-0.2, 0) is 0 Å². The molecule has 0 saturated carbocycles. The Hall–Kier alpha value is -1.46. The topological polar surface area (TPSA) is 43.1 Å². The standard InChI is InChI=1S/C10H7ClN4S/c1-6-4-7(2-3-8(6)11)9-14-15-5-12-13-10(15)16-9/h2-5H,1H3. The summed E-state index contributed by atoms with van der Waals surface area (Å²) >= 11 is 7.49. The molecule has 2 aromatic heterocycles. The van der Waals surface area contributed by atoms with Gasteiger partial charge in [0.15, 0.2) is 0 Å². The van der Waals surface area contributed by atoms with Gasteiger partial charge in [0.1, 0.15) is 11.3 Å². The zero-order valence-corrected chi connectivity index (χ0v) is 9.96. The predicted molar refractivity (Wildman–Crippen MR) is 63.8 cm³/mol. The molecule has 0 spiro atoms. The summed E-state index contributed by atoms with van der Waals surface area (Å²) in [5.74, 6) is 0. The first kappa shape index (κ1) is 9.74. The van der Waals surface area contributed by atoms with Crippen molar-refractivity contribution in [3.8, 4) is 10.6 Å². The largest absolute Gasteiger partial charge is 0.234 e. The molecule has 0 atom stereocenters. The van der Waals surface area contributed by atoms with Gasteiger partial charge in [-0.3, -0.25) is 0 Å². The molecule has 0 amide bonds. The fourth-order valence-electron chi connectivity index (χ4n) is 1.45. The maximum absolute atomic E-state index is 5.98. The van der Waals surface area contributed by atoms with E-state index in [2.05, 4.69) is 15.3 Å². The van der Waals surface area contributed by atoms with E-state index >= 15 is 0 Å². The first-order valence-corrected chi connectivity index (χ1v) is 5.87. The maximum atomic E-state index is 5.98. The van der Waals surface area contributed by atoms with Gasteiger partial charge in [0.2, 0.25) is 4.96 Å². The smallest absolute Gasteiger partial charge is 0.190 e. The minimum absolute atomic E-state index is 0.770. The first-order valence-electron chi connectivity index (χ1n) is 4.67. The molecule has 16 heavy (non-hydrogen) atoms. The van der Waals surface area contributed by atoms with Gasteiger partial charge in [-0.25, -0.2) is 0 Å². The Balaban J connectivity index is 2.15. The number of rotatable bonds is 1. The highest BCUT2D eigenvalue weighted by Crippen LogP contribution is 2.27. The van der Waals surface area contributed by atoms with E-state index in [0.717, 1.165) is 26.1 Å². The molecular weight excluding hydrogens is 244 g/mol. The minimum atomic E-state index is 0.770. The fraction of sp³-hybridized carbons (Fsp3) is 0.100. The molecule has 0 fully saturated rings. The Labute approximate surface area is 101 Å². The van der Waals surface area contributed by atoms with Gasteiger partial charge < -0.3 is 0 Å². The average molecular weight is 251 g/mol. The van der Waals surface area contributed by atoms with Crippen LogP contribution in [0.2, 0.25) is 5.02 Å². The molecule has 3 rings (SSSR count). The summed E-state index contributed by atoms with van der Waals surface area (Å²) in [5.41, 5.74) is 2.10. The van der Waals surface area contributed by atoms with Gasteiger partial charge in [-0.05, 0) is 24.6 Å². The van der Waals surface area contributed by atoms with Crippen molar-refractivity contribution in [2.24, 2.45) is 0 Å². The Bertz CT molecular complexity index is 629. The predicted octanol–water partition coefficient (Wildman–Crippen LogP) is 2.81. The molecule has 0 saturated heterocycles. The molecule has 2 heterocycles. The van der Waals surface area contributed by atoms with Crippen molar-refractivity contribution in [1.29, 1.82) is 0 Å². The van der Waals surface area contributed by atoms with Gasteiger partial charge >= 0.3 is 0 Å². The lowest BCUT2D eigenvalue weighted by Crippen LogP contribution is -1.83. The molecule has 0 unspecified atom stereocenters. The number of benzene rings is 1. The van der Waals surface area contributed by atoms with Crippen molar-refractivity contribution >= 4 is 27.9 Å². The molecule has 0 bridgehead atoms. The number of fused-ring (bicyclic) bond motifs is 1. The molecule has 0 aliphatic carbocycles. The molecule has 1 aromatic carbocycles. The van der Waals surface area contributed by atoms with Crippen LogP contribution < -0.4 is 0 Å². The number of hydrogen-bond donors (Lipinski definition) is 0. The van der Waals surface area contributed by atoms with E-state index in [1.54, 1.807) is 10.8 Å². The lowest BCUT2D eigenvalue weighted by atomic mass is 10.1. The SMILES string of the molecule is Cc1cc(-c2nn3cnnc3s2)ccc1Cl. The van der Waals surface area contributed by atoms with E-state index in [0.29, 0.717) is 0 Å². The summed E-state index contributed by atoms with van der Waals surface area (Å²) < 4.78 is 1.67. The number of aryl methyl sites for hydroxylation is 1. The molecule has 3 aromatic rings. The monoisotopic (exact) mass is 250 g/mol. The summed E-state index contributed by atoms with van der Waals surface area (Å²) in [7, 11) is 0. The molecule has 4 nitrogen and oxygen atoms in total. The lowest BCUT2D eigenvalue weighted by molar-refractivity contribution is 0.960. The van der Waals surface area contributed by atoms with Crippen LogP contribution in [0.4, 0.5) is 0 Å². The van der Waals surface area contributed by atoms with Crippen molar-refractivity contribution in [1.82, 2.24) is 19.8 Å². The van der Waals surface area contributed by atoms with E-state index in [4.69, 9.17) is 11.6 Å². The number of halogens is 1. The van der Waals surface area contributed by atoms with E-state index in [9.17, 15) is 0 Å². The Kier molecular flexibility index (Phi) is 2.15. The van der Waals surface area contributed by atoms with Gasteiger partial charge in [0.05, 0.1) is 0 Å². The zero-order chi connectivity index (χ0) is 11.1. The molecule has 0 aliphatic rings. The van der Waals surface area contributed by atoms with Crippen LogP contribution in [-0.4, -0.2) is 19.8 Å². The second kappa shape index (κ2) is 3.54. The molecule has 80 valence electrons. The molecule has 6 heteroatoms. The second-order valence-electron chi connectivity index (χ2n) is 3.43. The molecule has 0 aliphatic heterocycles. The van der Waals surface area contributed by atoms with Gasteiger partial charge in [0, 0.05) is 10.6 Å². The summed E-state index contributed by atoms with van der Waals surface area (Å²) in [6, 6.07) is 5.86. The van der Waals surface area contributed by atoms with Crippen LogP contribution in [0, 0.1) is 6.92 Å². The molecule has 0 N–H and O–H groups in total. The highest BCUT2D eigenvalue weighted by Gasteiger charge is 2.08. The van der Waals surface area contributed by atoms with Crippen LogP contribution in [0.15, 0.2) is 24.5 Å². The van der Waals surface area contributed by atoms with Crippen LogP contribution in [0.25, 0.3) is 15.5 Å². The highest BCUT2D eigenvalue weighted by molar-refractivity contribution is 7.19. The fourth-order valence-corrected chi connectivity index (χ4v) is 2.39. The quantitative estimate of drug-likeness (QED) is 0.667. The van der Waals surface area contributed by atoms with Crippen molar-refractivity contribution in [3.63, 3.8) is 0 Å². The Morgan fingerprint density at radius 1 is 1.38 bits per heavy atom. The lowest BCUT2D eigenvalue weighted by Gasteiger charge is -1.99. The third kappa shape index (κ3) is 1.48.